The van der Waals surface area contributed by atoms with Crippen molar-refractivity contribution in [3.63, 3.8) is 0 Å². The van der Waals surface area contributed by atoms with E-state index in [1.807, 2.05) is 36.4 Å². The third-order valence-electron chi connectivity index (χ3n) is 2.75. The summed E-state index contributed by atoms with van der Waals surface area (Å²) in [7, 11) is 1.57. The van der Waals surface area contributed by atoms with Crippen molar-refractivity contribution in [1.29, 1.82) is 0 Å². The Bertz CT molecular complexity index is 484. The van der Waals surface area contributed by atoms with E-state index in [1.165, 1.54) is 0 Å². The van der Waals surface area contributed by atoms with Gasteiger partial charge in [0.05, 0.1) is 18.4 Å². The predicted molar refractivity (Wildman–Crippen MR) is 73.6 cm³/mol. The minimum atomic E-state index is -0.485. The Morgan fingerprint density at radius 2 is 2.16 bits per heavy atom. The van der Waals surface area contributed by atoms with Gasteiger partial charge < -0.3 is 15.2 Å². The summed E-state index contributed by atoms with van der Waals surface area (Å²) in [5.41, 5.74) is 3.00. The number of rotatable bonds is 7. The lowest BCUT2D eigenvalue weighted by Gasteiger charge is -2.09. The number of nitrogens with one attached hydrogen (secondary N) is 2. The van der Waals surface area contributed by atoms with E-state index in [2.05, 4.69) is 15.5 Å². The zero-order valence-electron chi connectivity index (χ0n) is 11.0. The molecule has 0 aliphatic rings. The van der Waals surface area contributed by atoms with Gasteiger partial charge in [0.1, 0.15) is 0 Å². The fourth-order valence-electron chi connectivity index (χ4n) is 1.83. The highest BCUT2D eigenvalue weighted by atomic mass is 16.5. The molecule has 5 heteroatoms. The highest BCUT2D eigenvalue weighted by Crippen LogP contribution is 2.16. The van der Waals surface area contributed by atoms with E-state index in [-0.39, 0.29) is 0 Å². The van der Waals surface area contributed by atoms with Crippen molar-refractivity contribution in [2.24, 2.45) is 0 Å². The molecule has 5 nitrogen and oxygen atoms in total. The second kappa shape index (κ2) is 7.04. The first-order chi connectivity index (χ1) is 9.29. The topological polar surface area (TPSA) is 70.2 Å². The van der Waals surface area contributed by atoms with E-state index in [0.717, 1.165) is 17.0 Å². The third kappa shape index (κ3) is 4.17. The van der Waals surface area contributed by atoms with Crippen LogP contribution in [0.15, 0.2) is 36.4 Å². The van der Waals surface area contributed by atoms with Gasteiger partial charge in [-0.25, -0.2) is 0 Å². The van der Waals surface area contributed by atoms with E-state index in [9.17, 15) is 5.11 Å². The molecule has 19 heavy (non-hydrogen) atoms. The van der Waals surface area contributed by atoms with Crippen molar-refractivity contribution < 1.29 is 9.84 Å². The van der Waals surface area contributed by atoms with Crippen molar-refractivity contribution in [1.82, 2.24) is 15.5 Å². The van der Waals surface area contributed by atoms with Crippen LogP contribution in [0.5, 0.6) is 0 Å². The fourth-order valence-corrected chi connectivity index (χ4v) is 1.83. The van der Waals surface area contributed by atoms with E-state index < -0.39 is 6.10 Å². The number of benzene rings is 1. The highest BCUT2D eigenvalue weighted by Gasteiger charge is 2.05. The zero-order valence-corrected chi connectivity index (χ0v) is 11.0. The van der Waals surface area contributed by atoms with Gasteiger partial charge in [-0.2, -0.15) is 5.10 Å². The number of hydrogen-bond acceptors (Lipinski definition) is 4. The normalized spacial score (nSPS) is 12.5. The number of aromatic nitrogens is 2. The van der Waals surface area contributed by atoms with Crippen LogP contribution in [0.2, 0.25) is 0 Å². The lowest BCUT2D eigenvalue weighted by atomic mass is 10.1. The average Bonchev–Trinajstić information content (AvgIpc) is 2.89. The van der Waals surface area contributed by atoms with E-state index in [4.69, 9.17) is 4.74 Å². The summed E-state index contributed by atoms with van der Waals surface area (Å²) in [6, 6.07) is 12.0. The van der Waals surface area contributed by atoms with Gasteiger partial charge in [0, 0.05) is 31.5 Å². The van der Waals surface area contributed by atoms with Gasteiger partial charge in [-0.1, -0.05) is 30.3 Å². The molecule has 1 unspecified atom stereocenters. The smallest absolute Gasteiger partial charge is 0.0924 e. The maximum absolute atomic E-state index is 9.50. The van der Waals surface area contributed by atoms with Gasteiger partial charge in [0.25, 0.3) is 0 Å². The number of ether oxygens (including phenoxy) is 1. The quantitative estimate of drug-likeness (QED) is 0.700. The molecule has 1 aromatic heterocycles. The van der Waals surface area contributed by atoms with Crippen LogP contribution in [0.1, 0.15) is 5.69 Å². The zero-order chi connectivity index (χ0) is 13.5. The van der Waals surface area contributed by atoms with Crippen LogP contribution in [0, 0.1) is 0 Å². The molecule has 0 amide bonds. The van der Waals surface area contributed by atoms with Gasteiger partial charge in [0.2, 0.25) is 0 Å². The molecule has 1 aromatic carbocycles. The van der Waals surface area contributed by atoms with Crippen LogP contribution in [0.25, 0.3) is 11.3 Å². The predicted octanol–water partition coefficient (Wildman–Crippen LogP) is 1.17. The first-order valence-electron chi connectivity index (χ1n) is 6.27. The van der Waals surface area contributed by atoms with Crippen molar-refractivity contribution in [2.45, 2.75) is 12.6 Å². The molecule has 2 aromatic rings. The minimum Gasteiger partial charge on any atom is -0.389 e. The summed E-state index contributed by atoms with van der Waals surface area (Å²) in [5, 5.41) is 19.9. The third-order valence-corrected chi connectivity index (χ3v) is 2.75. The van der Waals surface area contributed by atoms with Gasteiger partial charge in [-0.3, -0.25) is 5.10 Å². The lowest BCUT2D eigenvalue weighted by Crippen LogP contribution is -2.29. The molecule has 0 spiro atoms. The average molecular weight is 261 g/mol. The first-order valence-corrected chi connectivity index (χ1v) is 6.27. The standard InChI is InChI=1S/C14H19N3O2/c1-19-10-13(18)9-15-8-12-7-14(17-16-12)11-5-3-2-4-6-11/h2-7,13,15,18H,8-10H2,1H3,(H,16,17). The van der Waals surface area contributed by atoms with Gasteiger partial charge in [0.15, 0.2) is 0 Å². The fraction of sp³-hybridized carbons (Fsp3) is 0.357. The molecule has 0 saturated heterocycles. The second-order valence-corrected chi connectivity index (χ2v) is 4.38. The summed E-state index contributed by atoms with van der Waals surface area (Å²) in [6.45, 7) is 1.47. The number of H-pyrrole nitrogens is 1. The highest BCUT2D eigenvalue weighted by molar-refractivity contribution is 5.58. The van der Waals surface area contributed by atoms with Crippen LogP contribution < -0.4 is 5.32 Å². The first kappa shape index (κ1) is 13.7. The lowest BCUT2D eigenvalue weighted by molar-refractivity contribution is 0.0643. The van der Waals surface area contributed by atoms with Crippen LogP contribution >= 0.6 is 0 Å². The number of aromatic amines is 1. The molecule has 0 fully saturated rings. The summed E-state index contributed by atoms with van der Waals surface area (Å²) in [6.07, 6.45) is -0.485. The molecule has 0 saturated carbocycles. The molecular weight excluding hydrogens is 242 g/mol. The number of nitrogens with zero attached hydrogens (tertiary/aromatic N) is 1. The number of aliphatic hydroxyl groups is 1. The molecule has 1 atom stereocenters. The number of methoxy groups -OCH3 is 1. The molecular formula is C14H19N3O2. The summed E-state index contributed by atoms with van der Waals surface area (Å²) in [5.74, 6) is 0. The minimum absolute atomic E-state index is 0.339. The number of hydrogen-bond donors (Lipinski definition) is 3. The Balaban J connectivity index is 1.85. The molecule has 1 heterocycles. The molecule has 0 radical (unpaired) electrons. The molecule has 3 N–H and O–H groups in total. The van der Waals surface area contributed by atoms with Gasteiger partial charge in [-0.05, 0) is 6.07 Å². The van der Waals surface area contributed by atoms with Crippen LogP contribution in [-0.2, 0) is 11.3 Å². The van der Waals surface area contributed by atoms with E-state index in [0.29, 0.717) is 19.7 Å². The summed E-state index contributed by atoms with van der Waals surface area (Å²) < 4.78 is 4.86. The largest absolute Gasteiger partial charge is 0.389 e. The second-order valence-electron chi connectivity index (χ2n) is 4.38. The van der Waals surface area contributed by atoms with Crippen LogP contribution in [-0.4, -0.2) is 41.7 Å². The van der Waals surface area contributed by atoms with E-state index in [1.54, 1.807) is 7.11 Å². The number of aliphatic hydroxyl groups excluding tert-OH is 1. The molecule has 0 aliphatic heterocycles. The van der Waals surface area contributed by atoms with E-state index >= 15 is 0 Å². The maximum Gasteiger partial charge on any atom is 0.0924 e. The Hall–Kier alpha value is -1.69. The molecule has 102 valence electrons. The van der Waals surface area contributed by atoms with Crippen LogP contribution in [0.3, 0.4) is 0 Å². The molecule has 0 bridgehead atoms. The Kier molecular flexibility index (Phi) is 5.09. The van der Waals surface area contributed by atoms with Crippen LogP contribution in [0.4, 0.5) is 0 Å². The van der Waals surface area contributed by atoms with Crippen molar-refractivity contribution in [3.8, 4) is 11.3 Å². The molecule has 2 rings (SSSR count). The van der Waals surface area contributed by atoms with Crippen molar-refractivity contribution >= 4 is 0 Å². The molecule has 0 aliphatic carbocycles. The van der Waals surface area contributed by atoms with Crippen molar-refractivity contribution in [3.05, 3.63) is 42.1 Å². The SMILES string of the molecule is COCC(O)CNCc1cc(-c2ccccc2)n[nH]1. The van der Waals surface area contributed by atoms with Gasteiger partial charge >= 0.3 is 0 Å². The maximum atomic E-state index is 9.50. The Morgan fingerprint density at radius 3 is 2.89 bits per heavy atom. The Labute approximate surface area is 112 Å². The monoisotopic (exact) mass is 261 g/mol. The summed E-state index contributed by atoms with van der Waals surface area (Å²) in [4.78, 5) is 0. The van der Waals surface area contributed by atoms with Crippen molar-refractivity contribution in [2.75, 3.05) is 20.3 Å². The Morgan fingerprint density at radius 1 is 1.37 bits per heavy atom. The van der Waals surface area contributed by atoms with Gasteiger partial charge in [-0.15, -0.1) is 0 Å². The summed E-state index contributed by atoms with van der Waals surface area (Å²) >= 11 is 0.